The Morgan fingerprint density at radius 3 is 2.43 bits per heavy atom. The quantitative estimate of drug-likeness (QED) is 0.607. The second-order valence-corrected chi connectivity index (χ2v) is 7.13. The van der Waals surface area contributed by atoms with Crippen LogP contribution in [0.3, 0.4) is 0 Å². The average Bonchev–Trinajstić information content (AvgIpc) is 2.43. The Morgan fingerprint density at radius 2 is 1.95 bits per heavy atom. The lowest BCUT2D eigenvalue weighted by Gasteiger charge is -2.16. The highest BCUT2D eigenvalue weighted by Crippen LogP contribution is 2.22. The van der Waals surface area contributed by atoms with E-state index in [-0.39, 0.29) is 14.9 Å². The molecule has 1 rings (SSSR count). The molecule has 6 nitrogen and oxygen atoms in total. The largest absolute Gasteiger partial charge is 0.545 e. The molecule has 0 amide bonds. The van der Waals surface area contributed by atoms with Crippen LogP contribution >= 0.6 is 15.9 Å². The zero-order chi connectivity index (χ0) is 16.0. The van der Waals surface area contributed by atoms with Crippen LogP contribution in [0.15, 0.2) is 27.6 Å². The molecule has 0 fully saturated rings. The number of carboxylic acids is 1. The summed E-state index contributed by atoms with van der Waals surface area (Å²) in [5.41, 5.74) is -0.0755. The van der Waals surface area contributed by atoms with Crippen molar-refractivity contribution in [3.8, 4) is 0 Å². The zero-order valence-electron chi connectivity index (χ0n) is 12.0. The van der Waals surface area contributed by atoms with Gasteiger partial charge in [-0.05, 0) is 47.5 Å². The number of rotatable bonds is 8. The molecule has 0 aromatic heterocycles. The van der Waals surface area contributed by atoms with Crippen LogP contribution in [0.1, 0.15) is 24.2 Å². The van der Waals surface area contributed by atoms with Crippen LogP contribution in [-0.2, 0) is 10.0 Å². The van der Waals surface area contributed by atoms with E-state index in [1.54, 1.807) is 0 Å². The number of hydrogen-bond donors (Lipinski definition) is 2. The number of benzene rings is 1. The van der Waals surface area contributed by atoms with Crippen molar-refractivity contribution < 1.29 is 23.2 Å². The molecule has 0 bridgehead atoms. The first-order chi connectivity index (χ1) is 9.81. The first-order valence-corrected chi connectivity index (χ1v) is 8.93. The molecule has 21 heavy (non-hydrogen) atoms. The second-order valence-electron chi connectivity index (χ2n) is 4.54. The van der Waals surface area contributed by atoms with Gasteiger partial charge in [0.1, 0.15) is 0 Å². The van der Waals surface area contributed by atoms with Crippen LogP contribution in [0, 0.1) is 0 Å². The predicted octanol–water partition coefficient (Wildman–Crippen LogP) is -0.984. The highest BCUT2D eigenvalue weighted by molar-refractivity contribution is 9.10. The van der Waals surface area contributed by atoms with Crippen molar-refractivity contribution in [3.63, 3.8) is 0 Å². The van der Waals surface area contributed by atoms with Crippen LogP contribution in [0.2, 0.25) is 0 Å². The maximum absolute atomic E-state index is 12.2. The van der Waals surface area contributed by atoms with Crippen molar-refractivity contribution in [2.24, 2.45) is 0 Å². The van der Waals surface area contributed by atoms with Gasteiger partial charge in [0, 0.05) is 4.47 Å². The minimum Gasteiger partial charge on any atom is -0.545 e. The van der Waals surface area contributed by atoms with E-state index in [1.165, 1.54) is 23.1 Å². The van der Waals surface area contributed by atoms with Gasteiger partial charge in [0.25, 0.3) is 0 Å². The van der Waals surface area contributed by atoms with Gasteiger partial charge in [-0.15, -0.1) is 0 Å². The fourth-order valence-corrected chi connectivity index (χ4v) is 4.00. The maximum atomic E-state index is 12.2. The zero-order valence-corrected chi connectivity index (χ0v) is 14.4. The minimum atomic E-state index is -3.67. The third kappa shape index (κ3) is 5.06. The maximum Gasteiger partial charge on any atom is 0.241 e. The van der Waals surface area contributed by atoms with Gasteiger partial charge in [-0.25, -0.2) is 13.1 Å². The van der Waals surface area contributed by atoms with E-state index in [4.69, 9.17) is 0 Å². The van der Waals surface area contributed by atoms with E-state index in [0.29, 0.717) is 13.1 Å². The summed E-state index contributed by atoms with van der Waals surface area (Å²) in [4.78, 5) is 12.0. The number of carboxylic acid groups (broad SMARTS) is 1. The van der Waals surface area contributed by atoms with E-state index >= 15 is 0 Å². The van der Waals surface area contributed by atoms with Crippen LogP contribution in [0.4, 0.5) is 0 Å². The SMILES string of the molecule is CC[NH+](CC)CCNS(=O)(=O)c1ccc(C(=O)[O-])cc1Br. The van der Waals surface area contributed by atoms with E-state index in [2.05, 4.69) is 20.7 Å². The molecule has 1 aromatic carbocycles. The Balaban J connectivity index is 2.81. The number of carbonyl (C=O) groups is 1. The molecule has 118 valence electrons. The molecule has 1 aromatic rings. The summed E-state index contributed by atoms with van der Waals surface area (Å²) in [7, 11) is -3.67. The van der Waals surface area contributed by atoms with Crippen molar-refractivity contribution in [2.45, 2.75) is 18.7 Å². The predicted molar refractivity (Wildman–Crippen MR) is 80.6 cm³/mol. The number of quaternary nitrogens is 1. The molecule has 0 saturated heterocycles. The molecule has 0 spiro atoms. The molecule has 0 aliphatic heterocycles. The van der Waals surface area contributed by atoms with Crippen molar-refractivity contribution in [2.75, 3.05) is 26.2 Å². The molecule has 8 heteroatoms. The van der Waals surface area contributed by atoms with Crippen molar-refractivity contribution in [1.82, 2.24) is 4.72 Å². The summed E-state index contributed by atoms with van der Waals surface area (Å²) >= 11 is 3.08. The van der Waals surface area contributed by atoms with Crippen molar-refractivity contribution in [1.29, 1.82) is 0 Å². The van der Waals surface area contributed by atoms with E-state index in [1.807, 2.05) is 13.8 Å². The fraction of sp³-hybridized carbons (Fsp3) is 0.462. The van der Waals surface area contributed by atoms with Gasteiger partial charge >= 0.3 is 0 Å². The van der Waals surface area contributed by atoms with Crippen molar-refractivity contribution >= 4 is 31.9 Å². The third-order valence-electron chi connectivity index (χ3n) is 3.23. The highest BCUT2D eigenvalue weighted by atomic mass is 79.9. The monoisotopic (exact) mass is 378 g/mol. The second kappa shape index (κ2) is 7.88. The molecule has 0 atom stereocenters. The Labute approximate surface area is 133 Å². The summed E-state index contributed by atoms with van der Waals surface area (Å²) in [6, 6.07) is 3.69. The van der Waals surface area contributed by atoms with Crippen LogP contribution in [0.5, 0.6) is 0 Å². The van der Waals surface area contributed by atoms with E-state index in [0.717, 1.165) is 13.1 Å². The molecular formula is C13H19BrN2O4S. The third-order valence-corrected chi connectivity index (χ3v) is 5.67. The van der Waals surface area contributed by atoms with E-state index < -0.39 is 16.0 Å². The number of aromatic carboxylic acids is 1. The molecule has 2 N–H and O–H groups in total. The van der Waals surface area contributed by atoms with Crippen molar-refractivity contribution in [3.05, 3.63) is 28.2 Å². The summed E-state index contributed by atoms with van der Waals surface area (Å²) < 4.78 is 27.1. The summed E-state index contributed by atoms with van der Waals surface area (Å²) in [5.74, 6) is -1.35. The Morgan fingerprint density at radius 1 is 1.33 bits per heavy atom. The normalized spacial score (nSPS) is 11.8. The topological polar surface area (TPSA) is 90.7 Å². The molecule has 0 saturated carbocycles. The Kier molecular flexibility index (Phi) is 6.79. The van der Waals surface area contributed by atoms with Gasteiger partial charge < -0.3 is 14.8 Å². The minimum absolute atomic E-state index is 0.0158. The molecule has 0 unspecified atom stereocenters. The van der Waals surface area contributed by atoms with Gasteiger partial charge in [0.05, 0.1) is 37.0 Å². The molecular weight excluding hydrogens is 360 g/mol. The molecule has 0 aliphatic carbocycles. The Hall–Kier alpha value is -0.960. The van der Waals surface area contributed by atoms with Gasteiger partial charge in [0.15, 0.2) is 0 Å². The lowest BCUT2D eigenvalue weighted by Crippen LogP contribution is -3.12. The van der Waals surface area contributed by atoms with Gasteiger partial charge in [-0.2, -0.15) is 0 Å². The highest BCUT2D eigenvalue weighted by Gasteiger charge is 2.18. The van der Waals surface area contributed by atoms with Gasteiger partial charge in [-0.3, -0.25) is 0 Å². The summed E-state index contributed by atoms with van der Waals surface area (Å²) in [6.07, 6.45) is 0. The summed E-state index contributed by atoms with van der Waals surface area (Å²) in [6.45, 7) is 6.98. The van der Waals surface area contributed by atoms with Crippen LogP contribution in [0.25, 0.3) is 0 Å². The first-order valence-electron chi connectivity index (χ1n) is 6.66. The number of hydrogen-bond acceptors (Lipinski definition) is 4. The molecule has 0 radical (unpaired) electrons. The summed E-state index contributed by atoms with van der Waals surface area (Å²) in [5, 5.41) is 10.7. The van der Waals surface area contributed by atoms with Gasteiger partial charge in [0.2, 0.25) is 10.0 Å². The smallest absolute Gasteiger partial charge is 0.241 e. The number of nitrogens with one attached hydrogen (secondary N) is 2. The average molecular weight is 379 g/mol. The fourth-order valence-electron chi connectivity index (χ4n) is 1.89. The number of sulfonamides is 1. The lowest BCUT2D eigenvalue weighted by molar-refractivity contribution is -0.895. The molecule has 0 heterocycles. The van der Waals surface area contributed by atoms with Gasteiger partial charge in [-0.1, -0.05) is 6.07 Å². The van der Waals surface area contributed by atoms with E-state index in [9.17, 15) is 18.3 Å². The first kappa shape index (κ1) is 18.1. The number of carbonyl (C=O) groups excluding carboxylic acids is 1. The van der Waals surface area contributed by atoms with Crippen LogP contribution in [-0.4, -0.2) is 40.6 Å². The Bertz CT molecular complexity index is 600. The van der Waals surface area contributed by atoms with Crippen LogP contribution < -0.4 is 14.7 Å². The number of likely N-dealkylation sites (N-methyl/N-ethyl adjacent to an activating group) is 1. The number of halogens is 1. The molecule has 0 aliphatic rings. The lowest BCUT2D eigenvalue weighted by atomic mass is 10.2. The standard InChI is InChI=1S/C13H19BrN2O4S/c1-3-16(4-2)8-7-15-21(19,20)12-6-5-10(13(17)18)9-11(12)14/h5-6,9,15H,3-4,7-8H2,1-2H3,(H,17,18).